The molecule has 2 aliphatic rings. The predicted molar refractivity (Wildman–Crippen MR) is 212 cm³/mol. The van der Waals surface area contributed by atoms with Gasteiger partial charge in [0, 0.05) is 35.4 Å². The first-order valence-electron chi connectivity index (χ1n) is 18.8. The van der Waals surface area contributed by atoms with E-state index >= 15 is 0 Å². The van der Waals surface area contributed by atoms with E-state index in [-0.39, 0.29) is 31.7 Å². The predicted octanol–water partition coefficient (Wildman–Crippen LogP) is 5.11. The Bertz CT molecular complexity index is 2080. The second-order valence-corrected chi connectivity index (χ2v) is 18.3. The van der Waals surface area contributed by atoms with Crippen LogP contribution < -0.4 is 24.8 Å². The number of pyridine rings is 1. The molecule has 1 aliphatic heterocycles. The van der Waals surface area contributed by atoms with E-state index in [9.17, 15) is 27.6 Å². The first-order chi connectivity index (χ1) is 26.3. The summed E-state index contributed by atoms with van der Waals surface area (Å²) in [5.41, 5.74) is -0.339. The molecule has 2 heterocycles. The van der Waals surface area contributed by atoms with Crippen LogP contribution in [0.3, 0.4) is 0 Å². The van der Waals surface area contributed by atoms with Gasteiger partial charge in [-0.2, -0.15) is 0 Å². The lowest BCUT2D eigenvalue weighted by Gasteiger charge is -2.31. The summed E-state index contributed by atoms with van der Waals surface area (Å²) >= 11 is 0. The molecule has 1 aliphatic carbocycles. The first-order valence-corrected chi connectivity index (χ1v) is 20.3. The number of hydrogen-bond acceptors (Lipinski definition) is 10. The third-order valence-corrected chi connectivity index (χ3v) is 11.5. The van der Waals surface area contributed by atoms with Crippen molar-refractivity contribution in [1.29, 1.82) is 0 Å². The van der Waals surface area contributed by atoms with Crippen molar-refractivity contribution < 1.29 is 41.8 Å². The number of nitrogens with zero attached hydrogens (tertiary/aromatic N) is 2. The molecule has 5 atom stereocenters. The van der Waals surface area contributed by atoms with E-state index in [1.807, 2.05) is 56.3 Å². The van der Waals surface area contributed by atoms with Crippen molar-refractivity contribution in [2.45, 2.75) is 102 Å². The minimum atomic E-state index is -4.02. The zero-order valence-corrected chi connectivity index (χ0v) is 34.1. The highest BCUT2D eigenvalue weighted by Gasteiger charge is 2.61. The minimum absolute atomic E-state index is 0.0137. The number of carbonyl (C=O) groups is 4. The molecule has 2 aromatic carbocycles. The molecule has 1 saturated carbocycles. The maximum atomic E-state index is 14.5. The number of aromatic nitrogens is 1. The van der Waals surface area contributed by atoms with E-state index in [1.54, 1.807) is 40.0 Å². The summed E-state index contributed by atoms with van der Waals surface area (Å²) in [4.78, 5) is 61.7. The number of amides is 4. The van der Waals surface area contributed by atoms with Gasteiger partial charge in [0.15, 0.2) is 0 Å². The number of alkyl carbamates (subject to hydrolysis) is 1. The van der Waals surface area contributed by atoms with Crippen LogP contribution in [0.2, 0.25) is 0 Å². The summed E-state index contributed by atoms with van der Waals surface area (Å²) in [6.07, 6.45) is 0.345. The van der Waals surface area contributed by atoms with Gasteiger partial charge in [0.05, 0.1) is 30.1 Å². The van der Waals surface area contributed by atoms with E-state index in [1.165, 1.54) is 24.8 Å². The second kappa shape index (κ2) is 16.5. The van der Waals surface area contributed by atoms with E-state index < -0.39 is 74.3 Å². The summed E-state index contributed by atoms with van der Waals surface area (Å²) in [6.45, 7) is 15.5. The number of benzene rings is 2. The van der Waals surface area contributed by atoms with Gasteiger partial charge in [-0.1, -0.05) is 50.3 Å². The van der Waals surface area contributed by atoms with Crippen LogP contribution in [0.4, 0.5) is 4.79 Å². The Kier molecular flexibility index (Phi) is 12.4. The summed E-state index contributed by atoms with van der Waals surface area (Å²) in [5.74, 6) is -1.63. The van der Waals surface area contributed by atoms with Crippen LogP contribution >= 0.6 is 0 Å². The highest BCUT2D eigenvalue weighted by molar-refractivity contribution is 7.90. The van der Waals surface area contributed by atoms with Crippen LogP contribution in [0.5, 0.6) is 11.5 Å². The molecule has 1 aromatic heterocycles. The molecule has 0 bridgehead atoms. The smallest absolute Gasteiger partial charge is 0.408 e. The zero-order valence-electron chi connectivity index (χ0n) is 33.3. The van der Waals surface area contributed by atoms with Crippen molar-refractivity contribution in [1.82, 2.24) is 25.2 Å². The van der Waals surface area contributed by atoms with Gasteiger partial charge in [-0.05, 0) is 65.5 Å². The number of likely N-dealkylation sites (tertiary alicyclic amines) is 1. The average molecular weight is 792 g/mol. The number of sulfonamides is 1. The third-order valence-electron chi connectivity index (χ3n) is 9.79. The normalized spacial score (nSPS) is 21.3. The van der Waals surface area contributed by atoms with Crippen LogP contribution in [0.1, 0.15) is 67.7 Å². The van der Waals surface area contributed by atoms with Gasteiger partial charge >= 0.3 is 6.09 Å². The zero-order chi connectivity index (χ0) is 41.2. The van der Waals surface area contributed by atoms with Crippen LogP contribution in [-0.4, -0.2) is 90.3 Å². The van der Waals surface area contributed by atoms with Gasteiger partial charge in [-0.15, -0.1) is 6.58 Å². The molecular weight excluding hydrogens is 739 g/mol. The summed E-state index contributed by atoms with van der Waals surface area (Å²) in [6, 6.07) is 14.5. The summed E-state index contributed by atoms with van der Waals surface area (Å²) in [7, 11) is -2.46. The van der Waals surface area contributed by atoms with Crippen molar-refractivity contribution >= 4 is 44.7 Å². The number of rotatable bonds is 14. The lowest BCUT2D eigenvalue weighted by molar-refractivity contribution is -0.141. The van der Waals surface area contributed by atoms with E-state index in [0.717, 1.165) is 5.56 Å². The Balaban J connectivity index is 1.51. The number of ether oxygens (including phenoxy) is 3. The molecule has 3 aromatic rings. The molecular formula is C41H53N5O9S. The number of nitrogens with one attached hydrogen (secondary N) is 3. The molecule has 0 radical (unpaired) electrons. The fraction of sp³-hybridized carbons (Fsp3) is 0.488. The molecule has 2 fully saturated rings. The van der Waals surface area contributed by atoms with Gasteiger partial charge < -0.3 is 29.7 Å². The van der Waals surface area contributed by atoms with Crippen molar-refractivity contribution in [2.24, 2.45) is 11.8 Å². The standard InChI is InChI=1S/C41H53N5O9S/c1-10-27-22-41(27,38(49)45-56(51,52)25(4)5)44-36(47)34-20-29(23-46(34)37(48)33(18-24(2)3)43-39(50)55-40(6,7)8)54-35-21-31(26-14-12-11-13-15-26)42-32-19-28(53-9)16-17-30(32)35/h10-17,19,21,24-25,27,29,33-34H,1,18,20,22-23H2,2-9H3,(H,43,50)(H,44,47)(H,45,49). The average Bonchev–Trinajstić information content (AvgIpc) is 3.68. The molecule has 5 rings (SSSR count). The van der Waals surface area contributed by atoms with Gasteiger partial charge in [0.25, 0.3) is 5.91 Å². The Morgan fingerprint density at radius 3 is 2.34 bits per heavy atom. The number of carbonyl (C=O) groups excluding carboxylic acids is 4. The molecule has 14 nitrogen and oxygen atoms in total. The highest BCUT2D eigenvalue weighted by atomic mass is 32.2. The van der Waals surface area contributed by atoms with Crippen molar-refractivity contribution in [2.75, 3.05) is 13.7 Å². The Hall–Kier alpha value is -5.18. The van der Waals surface area contributed by atoms with Crippen molar-refractivity contribution in [3.63, 3.8) is 0 Å². The molecule has 5 unspecified atom stereocenters. The lowest BCUT2D eigenvalue weighted by atomic mass is 10.0. The van der Waals surface area contributed by atoms with Gasteiger partial charge in [0.1, 0.15) is 40.8 Å². The van der Waals surface area contributed by atoms with Gasteiger partial charge in [-0.25, -0.2) is 18.2 Å². The minimum Gasteiger partial charge on any atom is -0.497 e. The summed E-state index contributed by atoms with van der Waals surface area (Å²) < 4.78 is 45.1. The molecule has 0 spiro atoms. The Morgan fingerprint density at radius 2 is 1.75 bits per heavy atom. The van der Waals surface area contributed by atoms with Crippen LogP contribution in [0.15, 0.2) is 67.3 Å². The monoisotopic (exact) mass is 791 g/mol. The van der Waals surface area contributed by atoms with Gasteiger partial charge in [-0.3, -0.25) is 19.1 Å². The number of hydrogen-bond donors (Lipinski definition) is 3. The molecule has 15 heteroatoms. The molecule has 3 N–H and O–H groups in total. The maximum Gasteiger partial charge on any atom is 0.408 e. The van der Waals surface area contributed by atoms with Gasteiger partial charge in [0.2, 0.25) is 21.8 Å². The number of methoxy groups -OCH3 is 1. The van der Waals surface area contributed by atoms with E-state index in [0.29, 0.717) is 28.1 Å². The second-order valence-electron chi connectivity index (χ2n) is 16.1. The SMILES string of the molecule is C=CC1CC1(NC(=O)C1CC(Oc2cc(-c3ccccc3)nc3cc(OC)ccc23)CN1C(=O)C(CC(C)C)NC(=O)OC(C)(C)C)C(=O)NS(=O)(=O)C(C)C. The van der Waals surface area contributed by atoms with E-state index in [4.69, 9.17) is 19.2 Å². The van der Waals surface area contributed by atoms with Crippen LogP contribution in [-0.2, 0) is 29.1 Å². The third kappa shape index (κ3) is 9.60. The lowest BCUT2D eigenvalue weighted by Crippen LogP contribution is -2.58. The Morgan fingerprint density at radius 1 is 1.05 bits per heavy atom. The molecule has 4 amide bonds. The molecule has 1 saturated heterocycles. The Labute approximate surface area is 328 Å². The molecule has 56 heavy (non-hydrogen) atoms. The topological polar surface area (TPSA) is 182 Å². The number of fused-ring (bicyclic) bond motifs is 1. The molecule has 302 valence electrons. The largest absolute Gasteiger partial charge is 0.497 e. The maximum absolute atomic E-state index is 14.5. The first kappa shape index (κ1) is 42.0. The van der Waals surface area contributed by atoms with Crippen molar-refractivity contribution in [3.8, 4) is 22.8 Å². The van der Waals surface area contributed by atoms with Crippen LogP contribution in [0.25, 0.3) is 22.2 Å². The fourth-order valence-corrected chi connectivity index (χ4v) is 7.41. The van der Waals surface area contributed by atoms with Crippen LogP contribution in [0, 0.1) is 11.8 Å². The highest BCUT2D eigenvalue weighted by Crippen LogP contribution is 2.45. The fourth-order valence-electron chi connectivity index (χ4n) is 6.73. The van der Waals surface area contributed by atoms with Crippen molar-refractivity contribution in [3.05, 3.63) is 67.3 Å². The summed E-state index contributed by atoms with van der Waals surface area (Å²) in [5, 5.41) is 5.28. The van der Waals surface area contributed by atoms with E-state index in [2.05, 4.69) is 21.9 Å². The quantitative estimate of drug-likeness (QED) is 0.186.